The molecule has 160 valence electrons. The highest BCUT2D eigenvalue weighted by Crippen LogP contribution is 2.22. The molecule has 5 nitrogen and oxygen atoms in total. The van der Waals surface area contributed by atoms with E-state index < -0.39 is 0 Å². The van der Waals surface area contributed by atoms with Crippen LogP contribution >= 0.6 is 35.6 Å². The molecule has 1 saturated heterocycles. The SMILES string of the molecule is C=C(C)CN1CCC(NC(=NCCc2c[nH]c3ccc(Cl)cc23)NCC)CC1.I. The fourth-order valence-corrected chi connectivity index (χ4v) is 3.95. The third kappa shape index (κ3) is 7.19. The molecule has 0 radical (unpaired) electrons. The minimum absolute atomic E-state index is 0. The number of aromatic nitrogens is 1. The molecule has 1 fully saturated rings. The zero-order valence-corrected chi connectivity index (χ0v) is 20.5. The van der Waals surface area contributed by atoms with Crippen LogP contribution < -0.4 is 10.6 Å². The van der Waals surface area contributed by atoms with Gasteiger partial charge < -0.3 is 15.6 Å². The van der Waals surface area contributed by atoms with Crippen molar-refractivity contribution in [2.24, 2.45) is 4.99 Å². The maximum Gasteiger partial charge on any atom is 0.191 e. The summed E-state index contributed by atoms with van der Waals surface area (Å²) in [6, 6.07) is 6.44. The van der Waals surface area contributed by atoms with E-state index in [0.717, 1.165) is 68.5 Å². The number of fused-ring (bicyclic) bond motifs is 1. The topological polar surface area (TPSA) is 55.5 Å². The van der Waals surface area contributed by atoms with Crippen LogP contribution in [0.5, 0.6) is 0 Å². The first-order chi connectivity index (χ1) is 13.5. The molecule has 3 N–H and O–H groups in total. The molecule has 3 rings (SSSR count). The van der Waals surface area contributed by atoms with E-state index in [-0.39, 0.29) is 24.0 Å². The van der Waals surface area contributed by atoms with Crippen molar-refractivity contribution in [3.05, 3.63) is 47.1 Å². The average Bonchev–Trinajstić information content (AvgIpc) is 3.05. The number of hydrogen-bond acceptors (Lipinski definition) is 2. The summed E-state index contributed by atoms with van der Waals surface area (Å²) in [5, 5.41) is 8.95. The Morgan fingerprint density at radius 2 is 2.10 bits per heavy atom. The number of H-pyrrole nitrogens is 1. The summed E-state index contributed by atoms with van der Waals surface area (Å²) in [4.78, 5) is 10.6. The van der Waals surface area contributed by atoms with Gasteiger partial charge in [0, 0.05) is 60.9 Å². The molecule has 1 aliphatic rings. The van der Waals surface area contributed by atoms with E-state index in [1.165, 1.54) is 16.5 Å². The maximum absolute atomic E-state index is 6.15. The Kier molecular flexibility index (Phi) is 9.79. The lowest BCUT2D eigenvalue weighted by atomic mass is 10.0. The lowest BCUT2D eigenvalue weighted by molar-refractivity contribution is 0.221. The van der Waals surface area contributed by atoms with E-state index >= 15 is 0 Å². The lowest BCUT2D eigenvalue weighted by Crippen LogP contribution is -2.48. The van der Waals surface area contributed by atoms with Gasteiger partial charge in [-0.25, -0.2) is 0 Å². The monoisotopic (exact) mass is 529 g/mol. The molecular formula is C22H33ClIN5. The molecule has 1 aliphatic heterocycles. The van der Waals surface area contributed by atoms with Crippen LogP contribution in [0.2, 0.25) is 5.02 Å². The molecule has 0 bridgehead atoms. The summed E-state index contributed by atoms with van der Waals surface area (Å²) >= 11 is 6.15. The molecule has 0 spiro atoms. The van der Waals surface area contributed by atoms with Gasteiger partial charge in [0.05, 0.1) is 0 Å². The van der Waals surface area contributed by atoms with Crippen LogP contribution in [0.4, 0.5) is 0 Å². The standard InChI is InChI=1S/C22H32ClN5.HI/c1-4-24-22(27-19-8-11-28(12-9-19)15-16(2)3)25-10-7-17-14-26-21-6-5-18(23)13-20(17)21;/h5-6,13-14,19,26H,2,4,7-12,15H2,1,3H3,(H2,24,25,27);1H. The van der Waals surface area contributed by atoms with Crippen molar-refractivity contribution in [3.63, 3.8) is 0 Å². The highest BCUT2D eigenvalue weighted by atomic mass is 127. The third-order valence-corrected chi connectivity index (χ3v) is 5.38. The molecular weight excluding hydrogens is 497 g/mol. The van der Waals surface area contributed by atoms with Crippen molar-refractivity contribution in [2.75, 3.05) is 32.7 Å². The minimum Gasteiger partial charge on any atom is -0.361 e. The molecule has 0 aliphatic carbocycles. The summed E-state index contributed by atoms with van der Waals surface area (Å²) in [7, 11) is 0. The van der Waals surface area contributed by atoms with Crippen LogP contribution in [0.15, 0.2) is 41.5 Å². The summed E-state index contributed by atoms with van der Waals surface area (Å²) in [6.45, 7) is 13.1. The lowest BCUT2D eigenvalue weighted by Gasteiger charge is -2.33. The Hall–Kier alpha value is -1.25. The molecule has 0 saturated carbocycles. The van der Waals surface area contributed by atoms with Crippen LogP contribution in [0.1, 0.15) is 32.3 Å². The van der Waals surface area contributed by atoms with Gasteiger partial charge in [-0.15, -0.1) is 24.0 Å². The second-order valence-corrected chi connectivity index (χ2v) is 8.10. The van der Waals surface area contributed by atoms with Crippen LogP contribution in [0.3, 0.4) is 0 Å². The van der Waals surface area contributed by atoms with Crippen molar-refractivity contribution < 1.29 is 0 Å². The number of nitrogens with zero attached hydrogens (tertiary/aromatic N) is 2. The Morgan fingerprint density at radius 1 is 1.34 bits per heavy atom. The Morgan fingerprint density at radius 3 is 2.79 bits per heavy atom. The zero-order chi connectivity index (χ0) is 19.9. The fourth-order valence-electron chi connectivity index (χ4n) is 3.78. The largest absolute Gasteiger partial charge is 0.361 e. The van der Waals surface area contributed by atoms with Gasteiger partial charge in [-0.3, -0.25) is 9.89 Å². The van der Waals surface area contributed by atoms with Gasteiger partial charge >= 0.3 is 0 Å². The molecule has 2 heterocycles. The molecule has 1 aromatic heterocycles. The number of aliphatic imine (C=N–C) groups is 1. The zero-order valence-electron chi connectivity index (χ0n) is 17.4. The van der Waals surface area contributed by atoms with E-state index in [1.54, 1.807) is 0 Å². The van der Waals surface area contributed by atoms with Crippen LogP contribution in [-0.4, -0.2) is 54.6 Å². The quantitative estimate of drug-likeness (QED) is 0.213. The van der Waals surface area contributed by atoms with Crippen LogP contribution in [0, 0.1) is 0 Å². The van der Waals surface area contributed by atoms with Crippen molar-refractivity contribution in [2.45, 2.75) is 39.2 Å². The first kappa shape index (κ1) is 24.0. The number of benzene rings is 1. The average molecular weight is 530 g/mol. The summed E-state index contributed by atoms with van der Waals surface area (Å²) in [6.07, 6.45) is 5.22. The van der Waals surface area contributed by atoms with E-state index in [4.69, 9.17) is 16.6 Å². The third-order valence-electron chi connectivity index (χ3n) is 5.15. The number of hydrogen-bond donors (Lipinski definition) is 3. The molecule has 0 atom stereocenters. The molecule has 0 unspecified atom stereocenters. The summed E-state index contributed by atoms with van der Waals surface area (Å²) in [5.41, 5.74) is 3.61. The maximum atomic E-state index is 6.15. The Balaban J connectivity index is 0.00000300. The van der Waals surface area contributed by atoms with Gasteiger partial charge in [0.25, 0.3) is 0 Å². The van der Waals surface area contributed by atoms with Crippen LogP contribution in [0.25, 0.3) is 10.9 Å². The summed E-state index contributed by atoms with van der Waals surface area (Å²) < 4.78 is 0. The number of halogens is 2. The number of nitrogens with one attached hydrogen (secondary N) is 3. The minimum atomic E-state index is 0. The van der Waals surface area contributed by atoms with E-state index in [9.17, 15) is 0 Å². The van der Waals surface area contributed by atoms with E-state index in [1.807, 2.05) is 18.2 Å². The predicted molar refractivity (Wildman–Crippen MR) is 136 cm³/mol. The Bertz CT molecular complexity index is 824. The molecule has 1 aromatic carbocycles. The number of guanidine groups is 1. The van der Waals surface area contributed by atoms with Crippen molar-refractivity contribution in [1.29, 1.82) is 0 Å². The van der Waals surface area contributed by atoms with E-state index in [0.29, 0.717) is 6.04 Å². The number of likely N-dealkylation sites (tertiary alicyclic amines) is 1. The molecule has 2 aromatic rings. The summed E-state index contributed by atoms with van der Waals surface area (Å²) in [5.74, 6) is 0.915. The number of rotatable bonds is 7. The second-order valence-electron chi connectivity index (χ2n) is 7.67. The second kappa shape index (κ2) is 11.8. The molecule has 7 heteroatoms. The van der Waals surface area contributed by atoms with Crippen LogP contribution in [-0.2, 0) is 6.42 Å². The van der Waals surface area contributed by atoms with Gasteiger partial charge in [0.1, 0.15) is 0 Å². The number of piperidine rings is 1. The first-order valence-electron chi connectivity index (χ1n) is 10.2. The van der Waals surface area contributed by atoms with Gasteiger partial charge in [-0.05, 0) is 56.9 Å². The highest BCUT2D eigenvalue weighted by Gasteiger charge is 2.19. The predicted octanol–water partition coefficient (Wildman–Crippen LogP) is 4.58. The van der Waals surface area contributed by atoms with Gasteiger partial charge in [-0.2, -0.15) is 0 Å². The smallest absolute Gasteiger partial charge is 0.191 e. The Labute approximate surface area is 196 Å². The molecule has 0 amide bonds. The molecule has 29 heavy (non-hydrogen) atoms. The fraction of sp³-hybridized carbons (Fsp3) is 0.500. The highest BCUT2D eigenvalue weighted by molar-refractivity contribution is 14.0. The van der Waals surface area contributed by atoms with Crippen molar-refractivity contribution in [1.82, 2.24) is 20.5 Å². The van der Waals surface area contributed by atoms with Gasteiger partial charge in [-0.1, -0.05) is 23.8 Å². The number of aromatic amines is 1. The normalized spacial score (nSPS) is 15.9. The first-order valence-corrected chi connectivity index (χ1v) is 10.6. The van der Waals surface area contributed by atoms with Crippen molar-refractivity contribution in [3.8, 4) is 0 Å². The van der Waals surface area contributed by atoms with Gasteiger partial charge in [0.2, 0.25) is 0 Å². The van der Waals surface area contributed by atoms with Crippen molar-refractivity contribution >= 4 is 52.4 Å². The van der Waals surface area contributed by atoms with Gasteiger partial charge in [0.15, 0.2) is 5.96 Å². The van der Waals surface area contributed by atoms with E-state index in [2.05, 4.69) is 47.1 Å².